The molecule has 2 unspecified atom stereocenters. The van der Waals surface area contributed by atoms with Gasteiger partial charge >= 0.3 is 0 Å². The smallest absolute Gasteiger partial charge is 0.115 e. The van der Waals surface area contributed by atoms with Gasteiger partial charge in [0.15, 0.2) is 0 Å². The molecule has 2 bridgehead atoms. The van der Waals surface area contributed by atoms with E-state index in [2.05, 4.69) is 0 Å². The first-order chi connectivity index (χ1) is 6.78. The Balaban J connectivity index is 1.98. The van der Waals surface area contributed by atoms with Crippen molar-refractivity contribution in [1.29, 1.82) is 0 Å². The van der Waals surface area contributed by atoms with Gasteiger partial charge in [-0.1, -0.05) is 12.1 Å². The van der Waals surface area contributed by atoms with E-state index in [0.29, 0.717) is 5.75 Å². The van der Waals surface area contributed by atoms with E-state index in [0.717, 1.165) is 25.4 Å². The number of rotatable bonds is 1. The van der Waals surface area contributed by atoms with E-state index in [1.807, 2.05) is 12.1 Å². The highest BCUT2D eigenvalue weighted by Gasteiger charge is 2.47. The molecule has 1 aliphatic heterocycles. The average molecular weight is 190 g/mol. The number of fused-ring (bicyclic) bond motifs is 2. The van der Waals surface area contributed by atoms with E-state index in [1.54, 1.807) is 12.1 Å². The summed E-state index contributed by atoms with van der Waals surface area (Å²) in [5.74, 6) is 1.10. The normalized spacial score (nSPS) is 35.0. The lowest BCUT2D eigenvalue weighted by Crippen LogP contribution is -2.23. The average Bonchev–Trinajstić information content (AvgIpc) is 2.79. The molecule has 1 heterocycles. The van der Waals surface area contributed by atoms with Crippen LogP contribution in [0.2, 0.25) is 0 Å². The van der Waals surface area contributed by atoms with Crippen LogP contribution in [0.4, 0.5) is 0 Å². The van der Waals surface area contributed by atoms with Crippen LogP contribution >= 0.6 is 0 Å². The Morgan fingerprint density at radius 2 is 2.07 bits per heavy atom. The molecule has 3 rings (SSSR count). The summed E-state index contributed by atoms with van der Waals surface area (Å²) in [6, 6.07) is 7.48. The standard InChI is InChI=1S/C12H14O2/c13-11-3-1-10(2-4-11)12-6-5-9(7-12)8-14-12/h1-4,9,13H,5-8H2. The van der Waals surface area contributed by atoms with Gasteiger partial charge in [0, 0.05) is 0 Å². The van der Waals surface area contributed by atoms with E-state index in [1.165, 1.54) is 12.0 Å². The van der Waals surface area contributed by atoms with Crippen LogP contribution in [0.1, 0.15) is 24.8 Å². The number of phenols is 1. The Morgan fingerprint density at radius 1 is 1.29 bits per heavy atom. The second-order valence-corrected chi connectivity index (χ2v) is 4.46. The predicted molar refractivity (Wildman–Crippen MR) is 53.1 cm³/mol. The molecular weight excluding hydrogens is 176 g/mol. The number of phenolic OH excluding ortho intramolecular Hbond substituents is 1. The fourth-order valence-electron chi connectivity index (χ4n) is 2.77. The summed E-state index contributed by atoms with van der Waals surface area (Å²) < 4.78 is 5.88. The maximum Gasteiger partial charge on any atom is 0.115 e. The molecule has 74 valence electrons. The zero-order valence-electron chi connectivity index (χ0n) is 8.07. The van der Waals surface area contributed by atoms with E-state index >= 15 is 0 Å². The number of aromatic hydroxyl groups is 1. The van der Waals surface area contributed by atoms with Gasteiger partial charge in [-0.25, -0.2) is 0 Å². The lowest BCUT2D eigenvalue weighted by molar-refractivity contribution is -0.0208. The van der Waals surface area contributed by atoms with E-state index in [4.69, 9.17) is 4.74 Å². The van der Waals surface area contributed by atoms with E-state index < -0.39 is 0 Å². The zero-order valence-corrected chi connectivity index (χ0v) is 8.07. The molecule has 1 N–H and O–H groups in total. The van der Waals surface area contributed by atoms with E-state index in [-0.39, 0.29) is 5.60 Å². The van der Waals surface area contributed by atoms with Crippen molar-refractivity contribution in [3.8, 4) is 5.75 Å². The molecule has 1 aromatic rings. The molecule has 0 radical (unpaired) electrons. The van der Waals surface area contributed by atoms with Gasteiger partial charge in [-0.2, -0.15) is 0 Å². The van der Waals surface area contributed by atoms with Crippen LogP contribution in [0.25, 0.3) is 0 Å². The van der Waals surface area contributed by atoms with Gasteiger partial charge in [0.25, 0.3) is 0 Å². The molecule has 2 aliphatic rings. The SMILES string of the molecule is Oc1ccc(C23CCC(CO2)C3)cc1. The summed E-state index contributed by atoms with van der Waals surface area (Å²) in [5.41, 5.74) is 1.22. The molecule has 2 nitrogen and oxygen atoms in total. The highest BCUT2D eigenvalue weighted by atomic mass is 16.5. The minimum atomic E-state index is -0.0155. The largest absolute Gasteiger partial charge is 0.508 e. The van der Waals surface area contributed by atoms with Gasteiger partial charge in [-0.15, -0.1) is 0 Å². The topological polar surface area (TPSA) is 29.5 Å². The first kappa shape index (κ1) is 8.30. The van der Waals surface area contributed by atoms with Crippen LogP contribution in [-0.4, -0.2) is 11.7 Å². The first-order valence-corrected chi connectivity index (χ1v) is 5.22. The van der Waals surface area contributed by atoms with Gasteiger partial charge in [0.1, 0.15) is 5.75 Å². The fourth-order valence-corrected chi connectivity index (χ4v) is 2.77. The Morgan fingerprint density at radius 3 is 2.57 bits per heavy atom. The predicted octanol–water partition coefficient (Wildman–Crippen LogP) is 2.42. The molecule has 2 fully saturated rings. The summed E-state index contributed by atoms with van der Waals surface area (Å²) in [6.45, 7) is 0.918. The minimum absolute atomic E-state index is 0.0155. The summed E-state index contributed by atoms with van der Waals surface area (Å²) in [4.78, 5) is 0. The van der Waals surface area contributed by atoms with Crippen molar-refractivity contribution in [2.75, 3.05) is 6.61 Å². The van der Waals surface area contributed by atoms with Crippen molar-refractivity contribution in [1.82, 2.24) is 0 Å². The molecule has 0 amide bonds. The summed E-state index contributed by atoms with van der Waals surface area (Å²) >= 11 is 0. The van der Waals surface area contributed by atoms with Crippen LogP contribution in [0, 0.1) is 5.92 Å². The van der Waals surface area contributed by atoms with Crippen molar-refractivity contribution in [3.05, 3.63) is 29.8 Å². The van der Waals surface area contributed by atoms with Crippen LogP contribution < -0.4 is 0 Å². The van der Waals surface area contributed by atoms with Crippen molar-refractivity contribution >= 4 is 0 Å². The van der Waals surface area contributed by atoms with Gasteiger partial charge in [0.05, 0.1) is 12.2 Å². The van der Waals surface area contributed by atoms with Gasteiger partial charge in [-0.05, 0) is 42.9 Å². The van der Waals surface area contributed by atoms with Crippen LogP contribution in [0.15, 0.2) is 24.3 Å². The molecule has 0 aromatic heterocycles. The lowest BCUT2D eigenvalue weighted by Gasteiger charge is -2.27. The Labute approximate surface area is 83.5 Å². The molecule has 2 heteroatoms. The summed E-state index contributed by atoms with van der Waals surface area (Å²) in [5, 5.41) is 9.23. The molecule has 2 atom stereocenters. The van der Waals surface area contributed by atoms with Crippen molar-refractivity contribution in [2.45, 2.75) is 24.9 Å². The number of benzene rings is 1. The minimum Gasteiger partial charge on any atom is -0.508 e. The van der Waals surface area contributed by atoms with Gasteiger partial charge in [-0.3, -0.25) is 0 Å². The Bertz CT molecular complexity index is 334. The third-order valence-corrected chi connectivity index (χ3v) is 3.56. The monoisotopic (exact) mass is 190 g/mol. The van der Waals surface area contributed by atoms with Crippen molar-refractivity contribution in [2.24, 2.45) is 5.92 Å². The maximum atomic E-state index is 9.23. The van der Waals surface area contributed by atoms with Gasteiger partial charge < -0.3 is 9.84 Å². The number of hydrogen-bond acceptors (Lipinski definition) is 2. The lowest BCUT2D eigenvalue weighted by atomic mass is 9.92. The summed E-state index contributed by atoms with van der Waals surface area (Å²) in [6.07, 6.45) is 3.60. The van der Waals surface area contributed by atoms with Crippen LogP contribution in [0.5, 0.6) is 5.75 Å². The quantitative estimate of drug-likeness (QED) is 0.737. The molecule has 14 heavy (non-hydrogen) atoms. The fraction of sp³-hybridized carbons (Fsp3) is 0.500. The first-order valence-electron chi connectivity index (χ1n) is 5.22. The second-order valence-electron chi connectivity index (χ2n) is 4.46. The molecule has 0 spiro atoms. The molecule has 1 aromatic carbocycles. The molecule has 1 saturated heterocycles. The van der Waals surface area contributed by atoms with Crippen LogP contribution in [0.3, 0.4) is 0 Å². The third kappa shape index (κ3) is 1.07. The number of hydrogen-bond donors (Lipinski definition) is 1. The van der Waals surface area contributed by atoms with Crippen molar-refractivity contribution in [3.63, 3.8) is 0 Å². The van der Waals surface area contributed by atoms with Gasteiger partial charge in [0.2, 0.25) is 0 Å². The molecule has 1 saturated carbocycles. The van der Waals surface area contributed by atoms with Crippen molar-refractivity contribution < 1.29 is 9.84 Å². The third-order valence-electron chi connectivity index (χ3n) is 3.56. The summed E-state index contributed by atoms with van der Waals surface area (Å²) in [7, 11) is 0. The maximum absolute atomic E-state index is 9.23. The Hall–Kier alpha value is -1.02. The second kappa shape index (κ2) is 2.74. The zero-order chi connectivity index (χ0) is 9.60. The van der Waals surface area contributed by atoms with Crippen LogP contribution in [-0.2, 0) is 10.3 Å². The Kier molecular flexibility index (Phi) is 1.62. The molecular formula is C12H14O2. The molecule has 1 aliphatic carbocycles. The number of ether oxygens (including phenoxy) is 1. The van der Waals surface area contributed by atoms with E-state index in [9.17, 15) is 5.11 Å². The highest BCUT2D eigenvalue weighted by molar-refractivity contribution is 5.31. The highest BCUT2D eigenvalue weighted by Crippen LogP contribution is 2.50.